The minimum atomic E-state index is -0.663. The summed E-state index contributed by atoms with van der Waals surface area (Å²) in [5.74, 6) is -0.961. The van der Waals surface area contributed by atoms with Crippen molar-refractivity contribution in [2.45, 2.75) is 26.9 Å². The van der Waals surface area contributed by atoms with E-state index in [1.54, 1.807) is 38.1 Å². The summed E-state index contributed by atoms with van der Waals surface area (Å²) in [5, 5.41) is 2.19. The Labute approximate surface area is 221 Å². The molecule has 0 unspecified atom stereocenters. The van der Waals surface area contributed by atoms with E-state index < -0.39 is 23.7 Å². The zero-order chi connectivity index (χ0) is 26.4. The fourth-order valence-electron chi connectivity index (χ4n) is 3.12. The molecule has 1 heterocycles. The van der Waals surface area contributed by atoms with Crippen molar-refractivity contribution in [2.75, 3.05) is 25.6 Å². The molecule has 11 heteroatoms. The molecule has 0 aliphatic carbocycles. The van der Waals surface area contributed by atoms with Crippen LogP contribution in [0.5, 0.6) is 11.5 Å². The van der Waals surface area contributed by atoms with Crippen molar-refractivity contribution < 1.29 is 33.4 Å². The molecule has 0 aromatic heterocycles. The summed E-state index contributed by atoms with van der Waals surface area (Å²) in [6, 6.07) is 10.6. The third-order valence-electron chi connectivity index (χ3n) is 4.79. The van der Waals surface area contributed by atoms with Gasteiger partial charge in [-0.15, -0.1) is 0 Å². The van der Waals surface area contributed by atoms with Gasteiger partial charge in [-0.2, -0.15) is 0 Å². The Kier molecular flexibility index (Phi) is 9.16. The lowest BCUT2D eigenvalue weighted by Gasteiger charge is -2.14. The maximum absolute atomic E-state index is 12.7. The van der Waals surface area contributed by atoms with Crippen molar-refractivity contribution in [1.82, 2.24) is 4.90 Å². The Bertz CT molecular complexity index is 1210. The number of hydrogen-bond donors (Lipinski definition) is 1. The smallest absolute Gasteiger partial charge is 0.326 e. The van der Waals surface area contributed by atoms with E-state index in [0.717, 1.165) is 22.2 Å². The number of halogens is 1. The van der Waals surface area contributed by atoms with E-state index in [4.69, 9.17) is 14.2 Å². The number of thioether (sulfide) groups is 1. The summed E-state index contributed by atoms with van der Waals surface area (Å²) in [6.07, 6.45) is 1.16. The van der Waals surface area contributed by atoms with Crippen LogP contribution in [0.4, 0.5) is 10.5 Å². The first-order chi connectivity index (χ1) is 17.1. The van der Waals surface area contributed by atoms with Gasteiger partial charge in [0.25, 0.3) is 17.1 Å². The van der Waals surface area contributed by atoms with Gasteiger partial charge >= 0.3 is 5.97 Å². The van der Waals surface area contributed by atoms with E-state index in [9.17, 15) is 19.2 Å². The van der Waals surface area contributed by atoms with Crippen molar-refractivity contribution in [1.29, 1.82) is 0 Å². The first kappa shape index (κ1) is 27.3. The molecule has 36 heavy (non-hydrogen) atoms. The predicted octanol–water partition coefficient (Wildman–Crippen LogP) is 4.77. The van der Waals surface area contributed by atoms with Crippen molar-refractivity contribution >= 4 is 62.5 Å². The van der Waals surface area contributed by atoms with Crippen molar-refractivity contribution in [3.8, 4) is 11.5 Å². The SMILES string of the molecule is COc1cc(/C=C2/SC(=O)N(CC(=O)OC(C)C)C2=O)c(Br)cc1OCC(=O)Nc1ccc(C)cc1. The van der Waals surface area contributed by atoms with Gasteiger partial charge in [0.2, 0.25) is 0 Å². The van der Waals surface area contributed by atoms with Crippen molar-refractivity contribution in [3.05, 3.63) is 56.9 Å². The number of methoxy groups -OCH3 is 1. The molecule has 1 aliphatic heterocycles. The van der Waals surface area contributed by atoms with Crippen molar-refractivity contribution in [2.24, 2.45) is 0 Å². The number of anilines is 1. The van der Waals surface area contributed by atoms with Crippen LogP contribution in [-0.4, -0.2) is 54.3 Å². The third-order valence-corrected chi connectivity index (χ3v) is 6.39. The number of nitrogens with one attached hydrogen (secondary N) is 1. The van der Waals surface area contributed by atoms with E-state index in [1.807, 2.05) is 19.1 Å². The topological polar surface area (TPSA) is 111 Å². The number of ether oxygens (including phenoxy) is 3. The van der Waals surface area contributed by atoms with Gasteiger partial charge in [-0.1, -0.05) is 33.6 Å². The van der Waals surface area contributed by atoms with Gasteiger partial charge in [0.15, 0.2) is 18.1 Å². The zero-order valence-electron chi connectivity index (χ0n) is 20.1. The van der Waals surface area contributed by atoms with E-state index in [1.165, 1.54) is 13.2 Å². The van der Waals surface area contributed by atoms with Gasteiger partial charge < -0.3 is 19.5 Å². The molecule has 2 aromatic rings. The maximum Gasteiger partial charge on any atom is 0.326 e. The second-order valence-electron chi connectivity index (χ2n) is 8.03. The first-order valence-corrected chi connectivity index (χ1v) is 12.5. The number of esters is 1. The van der Waals surface area contributed by atoms with Crippen molar-refractivity contribution in [3.63, 3.8) is 0 Å². The molecule has 0 radical (unpaired) electrons. The number of benzene rings is 2. The molecule has 190 valence electrons. The lowest BCUT2D eigenvalue weighted by Crippen LogP contribution is -2.35. The molecule has 0 saturated carbocycles. The van der Waals surface area contributed by atoms with Crippen LogP contribution in [0.1, 0.15) is 25.0 Å². The number of aryl methyl sites for hydroxylation is 1. The summed E-state index contributed by atoms with van der Waals surface area (Å²) in [6.45, 7) is 4.61. The Morgan fingerprint density at radius 1 is 1.14 bits per heavy atom. The fraction of sp³-hybridized carbons (Fsp3) is 0.280. The largest absolute Gasteiger partial charge is 0.493 e. The normalized spacial score (nSPS) is 14.4. The highest BCUT2D eigenvalue weighted by Gasteiger charge is 2.37. The summed E-state index contributed by atoms with van der Waals surface area (Å²) in [4.78, 5) is 50.2. The quantitative estimate of drug-likeness (QED) is 0.335. The molecule has 3 amide bonds. The molecule has 1 saturated heterocycles. The average Bonchev–Trinajstić information content (AvgIpc) is 3.07. The molecule has 0 bridgehead atoms. The van der Waals surface area contributed by atoms with Gasteiger partial charge in [0, 0.05) is 10.2 Å². The lowest BCUT2D eigenvalue weighted by atomic mass is 10.2. The molecule has 0 spiro atoms. The number of rotatable bonds is 9. The lowest BCUT2D eigenvalue weighted by molar-refractivity contribution is -0.149. The Morgan fingerprint density at radius 3 is 2.47 bits per heavy atom. The maximum atomic E-state index is 12.7. The molecular formula is C25H25BrN2O7S. The van der Waals surface area contributed by atoms with E-state index in [0.29, 0.717) is 27.2 Å². The van der Waals surface area contributed by atoms with E-state index in [-0.39, 0.29) is 23.5 Å². The standard InChI is InChI=1S/C25H25BrN2O7S/c1-14(2)35-23(30)12-28-24(31)21(36-25(28)32)10-16-9-19(33-4)20(11-18(16)26)34-13-22(29)27-17-7-5-15(3)6-8-17/h5-11,14H,12-13H2,1-4H3,(H,27,29)/b21-10+. The van der Waals surface area contributed by atoms with Crippen LogP contribution in [0.2, 0.25) is 0 Å². The monoisotopic (exact) mass is 576 g/mol. The van der Waals surface area contributed by atoms with Gasteiger partial charge in [0.1, 0.15) is 6.54 Å². The summed E-state index contributed by atoms with van der Waals surface area (Å²) >= 11 is 4.15. The van der Waals surface area contributed by atoms with Crippen LogP contribution in [0.25, 0.3) is 6.08 Å². The number of imide groups is 1. The summed E-state index contributed by atoms with van der Waals surface area (Å²) in [7, 11) is 1.44. The number of hydrogen-bond acceptors (Lipinski definition) is 8. The molecule has 1 fully saturated rings. The highest BCUT2D eigenvalue weighted by Crippen LogP contribution is 2.38. The predicted molar refractivity (Wildman–Crippen MR) is 140 cm³/mol. The number of amides is 3. The van der Waals surface area contributed by atoms with Gasteiger partial charge in [0.05, 0.1) is 18.1 Å². The second kappa shape index (κ2) is 12.1. The van der Waals surface area contributed by atoms with Crippen LogP contribution in [-0.2, 0) is 19.1 Å². The van der Waals surface area contributed by atoms with Crippen LogP contribution >= 0.6 is 27.7 Å². The molecule has 2 aromatic carbocycles. The van der Waals surface area contributed by atoms with Gasteiger partial charge in [-0.05, 0) is 68.4 Å². The van der Waals surface area contributed by atoms with Gasteiger partial charge in [-0.3, -0.25) is 24.1 Å². The Hall–Kier alpha value is -3.31. The van der Waals surface area contributed by atoms with Crippen LogP contribution in [0.15, 0.2) is 45.8 Å². The summed E-state index contributed by atoms with van der Waals surface area (Å²) < 4.78 is 16.6. The molecule has 9 nitrogen and oxygen atoms in total. The van der Waals surface area contributed by atoms with Crippen LogP contribution in [0, 0.1) is 6.92 Å². The van der Waals surface area contributed by atoms with Crippen LogP contribution < -0.4 is 14.8 Å². The minimum absolute atomic E-state index is 0.145. The Morgan fingerprint density at radius 2 is 1.83 bits per heavy atom. The van der Waals surface area contributed by atoms with E-state index >= 15 is 0 Å². The minimum Gasteiger partial charge on any atom is -0.493 e. The van der Waals surface area contributed by atoms with E-state index in [2.05, 4.69) is 21.2 Å². The molecule has 3 rings (SSSR count). The zero-order valence-corrected chi connectivity index (χ0v) is 22.5. The highest BCUT2D eigenvalue weighted by molar-refractivity contribution is 9.10. The number of carbonyl (C=O) groups excluding carboxylic acids is 4. The average molecular weight is 577 g/mol. The molecule has 1 aliphatic rings. The Balaban J connectivity index is 1.70. The molecule has 1 N–H and O–H groups in total. The summed E-state index contributed by atoms with van der Waals surface area (Å²) in [5.41, 5.74) is 2.28. The highest BCUT2D eigenvalue weighted by atomic mass is 79.9. The van der Waals surface area contributed by atoms with Gasteiger partial charge in [-0.25, -0.2) is 0 Å². The molecule has 0 atom stereocenters. The number of nitrogens with zero attached hydrogens (tertiary/aromatic N) is 1. The number of carbonyl (C=O) groups is 4. The van der Waals surface area contributed by atoms with Crippen LogP contribution in [0.3, 0.4) is 0 Å². The first-order valence-electron chi connectivity index (χ1n) is 10.9. The second-order valence-corrected chi connectivity index (χ2v) is 9.88. The molecular weight excluding hydrogens is 552 g/mol. The fourth-order valence-corrected chi connectivity index (χ4v) is 4.38. The third kappa shape index (κ3) is 7.11.